The Morgan fingerprint density at radius 3 is 3.00 bits per heavy atom. The SMILES string of the molecule is Cc1ncsc1C(=O)NCCN[C@@H]1[C@@H]2CCO[C@H]2C12CCCC2. The average molecular weight is 335 g/mol. The van der Waals surface area contributed by atoms with E-state index in [4.69, 9.17) is 4.74 Å². The van der Waals surface area contributed by atoms with Gasteiger partial charge in [0.2, 0.25) is 0 Å². The highest BCUT2D eigenvalue weighted by molar-refractivity contribution is 7.11. The molecular weight excluding hydrogens is 310 g/mol. The van der Waals surface area contributed by atoms with Crippen LogP contribution in [-0.4, -0.2) is 42.7 Å². The fourth-order valence-electron chi connectivity index (χ4n) is 5.01. The van der Waals surface area contributed by atoms with Gasteiger partial charge in [0.1, 0.15) is 4.88 Å². The second-order valence-electron chi connectivity index (χ2n) is 7.14. The molecule has 4 rings (SSSR count). The summed E-state index contributed by atoms with van der Waals surface area (Å²) in [6.45, 7) is 4.30. The Morgan fingerprint density at radius 2 is 2.26 bits per heavy atom. The molecule has 0 aromatic carbocycles. The molecule has 3 aliphatic rings. The van der Waals surface area contributed by atoms with E-state index in [1.54, 1.807) is 5.51 Å². The van der Waals surface area contributed by atoms with Gasteiger partial charge in [-0.3, -0.25) is 4.79 Å². The Kier molecular flexibility index (Phi) is 4.15. The third-order valence-electron chi connectivity index (χ3n) is 6.01. The van der Waals surface area contributed by atoms with Crippen LogP contribution in [-0.2, 0) is 4.74 Å². The molecule has 3 atom stereocenters. The summed E-state index contributed by atoms with van der Waals surface area (Å²) in [4.78, 5) is 17.0. The van der Waals surface area contributed by atoms with Gasteiger partial charge in [0.15, 0.2) is 0 Å². The van der Waals surface area contributed by atoms with Crippen LogP contribution < -0.4 is 10.6 Å². The molecule has 1 aromatic rings. The molecular formula is C17H25N3O2S. The molecule has 2 saturated carbocycles. The smallest absolute Gasteiger partial charge is 0.263 e. The predicted molar refractivity (Wildman–Crippen MR) is 89.7 cm³/mol. The molecule has 2 heterocycles. The summed E-state index contributed by atoms with van der Waals surface area (Å²) in [6, 6.07) is 0.583. The zero-order valence-electron chi connectivity index (χ0n) is 13.6. The van der Waals surface area contributed by atoms with Gasteiger partial charge < -0.3 is 15.4 Å². The normalized spacial score (nSPS) is 31.1. The zero-order chi connectivity index (χ0) is 15.9. The number of ether oxygens (including phenoxy) is 1. The van der Waals surface area contributed by atoms with E-state index in [-0.39, 0.29) is 5.91 Å². The van der Waals surface area contributed by atoms with Crippen molar-refractivity contribution < 1.29 is 9.53 Å². The first-order valence-electron chi connectivity index (χ1n) is 8.76. The Morgan fingerprint density at radius 1 is 1.43 bits per heavy atom. The first kappa shape index (κ1) is 15.5. The van der Waals surface area contributed by atoms with Crippen molar-refractivity contribution >= 4 is 17.2 Å². The van der Waals surface area contributed by atoms with Crippen LogP contribution in [0.2, 0.25) is 0 Å². The average Bonchev–Trinajstić information content (AvgIpc) is 3.25. The monoisotopic (exact) mass is 335 g/mol. The molecule has 6 heteroatoms. The quantitative estimate of drug-likeness (QED) is 0.809. The maximum absolute atomic E-state index is 12.1. The molecule has 126 valence electrons. The minimum absolute atomic E-state index is 0.00179. The minimum Gasteiger partial charge on any atom is -0.377 e. The summed E-state index contributed by atoms with van der Waals surface area (Å²) < 4.78 is 6.01. The van der Waals surface area contributed by atoms with Crippen LogP contribution in [0.15, 0.2) is 5.51 Å². The lowest BCUT2D eigenvalue weighted by Crippen LogP contribution is -2.67. The molecule has 3 fully saturated rings. The Bertz CT molecular complexity index is 582. The van der Waals surface area contributed by atoms with Crippen LogP contribution in [0.4, 0.5) is 0 Å². The number of hydrogen-bond donors (Lipinski definition) is 2. The van der Waals surface area contributed by atoms with E-state index in [0.717, 1.165) is 23.7 Å². The number of aryl methyl sites for hydroxylation is 1. The van der Waals surface area contributed by atoms with Gasteiger partial charge in [0.05, 0.1) is 17.3 Å². The summed E-state index contributed by atoms with van der Waals surface area (Å²) in [5, 5.41) is 6.74. The zero-order valence-corrected chi connectivity index (χ0v) is 14.5. The van der Waals surface area contributed by atoms with Crippen molar-refractivity contribution in [3.63, 3.8) is 0 Å². The number of amides is 1. The van der Waals surface area contributed by atoms with E-state index >= 15 is 0 Å². The lowest BCUT2D eigenvalue weighted by molar-refractivity contribution is -0.130. The highest BCUT2D eigenvalue weighted by Gasteiger charge is 2.64. The van der Waals surface area contributed by atoms with E-state index in [2.05, 4.69) is 15.6 Å². The molecule has 23 heavy (non-hydrogen) atoms. The van der Waals surface area contributed by atoms with Gasteiger partial charge in [-0.05, 0) is 26.2 Å². The molecule has 0 unspecified atom stereocenters. The van der Waals surface area contributed by atoms with Crippen molar-refractivity contribution in [2.75, 3.05) is 19.7 Å². The van der Waals surface area contributed by atoms with Crippen molar-refractivity contribution in [1.29, 1.82) is 0 Å². The molecule has 5 nitrogen and oxygen atoms in total. The number of nitrogens with zero attached hydrogens (tertiary/aromatic N) is 1. The Labute approximate surface area is 141 Å². The number of thiazole rings is 1. The molecule has 2 aliphatic carbocycles. The summed E-state index contributed by atoms with van der Waals surface area (Å²) in [5.74, 6) is 0.686. The van der Waals surface area contributed by atoms with Gasteiger partial charge >= 0.3 is 0 Å². The third kappa shape index (κ3) is 2.51. The number of fused-ring (bicyclic) bond motifs is 2. The van der Waals surface area contributed by atoms with E-state index < -0.39 is 0 Å². The molecule has 1 saturated heterocycles. The van der Waals surface area contributed by atoms with Crippen molar-refractivity contribution in [1.82, 2.24) is 15.6 Å². The maximum Gasteiger partial charge on any atom is 0.263 e. The van der Waals surface area contributed by atoms with E-state index in [9.17, 15) is 4.79 Å². The van der Waals surface area contributed by atoms with E-state index in [1.807, 2.05) is 6.92 Å². The third-order valence-corrected chi connectivity index (χ3v) is 6.94. The minimum atomic E-state index is -0.00179. The van der Waals surface area contributed by atoms with Gasteiger partial charge in [-0.2, -0.15) is 0 Å². The molecule has 1 amide bonds. The Hall–Kier alpha value is -0.980. The van der Waals surface area contributed by atoms with Crippen LogP contribution in [0.1, 0.15) is 47.5 Å². The predicted octanol–water partition coefficient (Wildman–Crippen LogP) is 2.12. The first-order valence-corrected chi connectivity index (χ1v) is 9.63. The van der Waals surface area contributed by atoms with Crippen LogP contribution >= 0.6 is 11.3 Å². The van der Waals surface area contributed by atoms with Crippen LogP contribution in [0.25, 0.3) is 0 Å². The molecule has 0 bridgehead atoms. The van der Waals surface area contributed by atoms with Gasteiger partial charge in [-0.1, -0.05) is 12.8 Å². The fraction of sp³-hybridized carbons (Fsp3) is 0.765. The molecule has 0 radical (unpaired) electrons. The van der Waals surface area contributed by atoms with Crippen molar-refractivity contribution in [2.24, 2.45) is 11.3 Å². The summed E-state index contributed by atoms with van der Waals surface area (Å²) in [6.07, 6.45) is 6.97. The topological polar surface area (TPSA) is 63.2 Å². The number of aromatic nitrogens is 1. The molecule has 1 aromatic heterocycles. The van der Waals surface area contributed by atoms with Gasteiger partial charge in [0, 0.05) is 37.1 Å². The largest absolute Gasteiger partial charge is 0.377 e. The number of carbonyl (C=O) groups is 1. The maximum atomic E-state index is 12.1. The molecule has 2 N–H and O–H groups in total. The van der Waals surface area contributed by atoms with Crippen LogP contribution in [0, 0.1) is 18.3 Å². The summed E-state index contributed by atoms with van der Waals surface area (Å²) in [7, 11) is 0. The van der Waals surface area contributed by atoms with Crippen molar-refractivity contribution in [3.05, 3.63) is 16.1 Å². The van der Waals surface area contributed by atoms with Gasteiger partial charge in [-0.15, -0.1) is 11.3 Å². The van der Waals surface area contributed by atoms with Crippen LogP contribution in [0.3, 0.4) is 0 Å². The number of hydrogen-bond acceptors (Lipinski definition) is 5. The van der Waals surface area contributed by atoms with Crippen molar-refractivity contribution in [2.45, 2.75) is 51.2 Å². The highest BCUT2D eigenvalue weighted by atomic mass is 32.1. The first-order chi connectivity index (χ1) is 11.2. The van der Waals surface area contributed by atoms with Crippen LogP contribution in [0.5, 0.6) is 0 Å². The second-order valence-corrected chi connectivity index (χ2v) is 7.99. The number of nitrogens with one attached hydrogen (secondary N) is 2. The summed E-state index contributed by atoms with van der Waals surface area (Å²) >= 11 is 1.41. The lowest BCUT2D eigenvalue weighted by atomic mass is 9.54. The number of rotatable bonds is 5. The highest BCUT2D eigenvalue weighted by Crippen LogP contribution is 2.60. The van der Waals surface area contributed by atoms with E-state index in [1.165, 1.54) is 43.4 Å². The molecule has 1 aliphatic heterocycles. The standard InChI is InChI=1S/C17H25N3O2S/c1-11-13(23-10-20-11)16(21)19-8-7-18-14-12-4-9-22-15(12)17(14)5-2-3-6-17/h10,12,14-15,18H,2-9H2,1H3,(H,19,21)/t12-,14+,15+/m0/s1. The van der Waals surface area contributed by atoms with Crippen molar-refractivity contribution in [3.8, 4) is 0 Å². The lowest BCUT2D eigenvalue weighted by Gasteiger charge is -2.57. The molecule has 1 spiro atoms. The number of carbonyl (C=O) groups excluding carboxylic acids is 1. The van der Waals surface area contributed by atoms with Gasteiger partial charge in [0.25, 0.3) is 5.91 Å². The Balaban J connectivity index is 1.28. The summed E-state index contributed by atoms with van der Waals surface area (Å²) in [5.41, 5.74) is 2.93. The fourth-order valence-corrected chi connectivity index (χ4v) is 5.73. The van der Waals surface area contributed by atoms with E-state index in [0.29, 0.717) is 30.0 Å². The van der Waals surface area contributed by atoms with Gasteiger partial charge in [-0.25, -0.2) is 4.98 Å². The second kappa shape index (κ2) is 6.15.